The molecule has 3 N–H and O–H groups in total. The van der Waals surface area contributed by atoms with E-state index in [4.69, 9.17) is 0 Å². The monoisotopic (exact) mass is 482 g/mol. The molecule has 0 radical (unpaired) electrons. The number of aryl methyl sites for hydroxylation is 4. The van der Waals surface area contributed by atoms with Crippen LogP contribution in [-0.2, 0) is 12.8 Å². The van der Waals surface area contributed by atoms with Gasteiger partial charge in [0.05, 0.1) is 16.9 Å². The maximum atomic E-state index is 13.2. The molecule has 0 saturated heterocycles. The zero-order valence-electron chi connectivity index (χ0n) is 20.3. The normalized spacial score (nSPS) is 12.9. The number of H-pyrrole nitrogens is 1. The van der Waals surface area contributed by atoms with Crippen LogP contribution in [0.15, 0.2) is 63.6 Å². The number of nitrogens with one attached hydrogen (secondary N) is 1. The number of hydrogen-bond acceptors (Lipinski definition) is 5. The van der Waals surface area contributed by atoms with Gasteiger partial charge in [0.15, 0.2) is 11.4 Å². The number of aromatic carboxylic acids is 1. The van der Waals surface area contributed by atoms with E-state index in [2.05, 4.69) is 15.3 Å². The standard InChI is InChI=1S/C28H26N4O4/c1-15-10-11-21(12-16(15)2)32-27(34)24(17(3)31-32)29-30-25-22-9-5-7-19(22)14-23(26(25)33)18-6-4-8-20(13-18)28(35)36/h4,6,8,10-14,31,33H,5,7,9H2,1-3H3,(H,35,36). The number of nitrogens with zero attached hydrogens (tertiary/aromatic N) is 3. The van der Waals surface area contributed by atoms with Gasteiger partial charge in [0.1, 0.15) is 5.69 Å². The molecular weight excluding hydrogens is 456 g/mol. The lowest BCUT2D eigenvalue weighted by molar-refractivity contribution is 0.0697. The number of aromatic amines is 1. The van der Waals surface area contributed by atoms with E-state index < -0.39 is 5.97 Å². The van der Waals surface area contributed by atoms with Crippen LogP contribution in [0.5, 0.6) is 5.75 Å². The van der Waals surface area contributed by atoms with Crippen molar-refractivity contribution in [2.24, 2.45) is 10.2 Å². The molecule has 0 bridgehead atoms. The van der Waals surface area contributed by atoms with Gasteiger partial charge in [-0.05, 0) is 98.2 Å². The van der Waals surface area contributed by atoms with Crippen LogP contribution < -0.4 is 5.56 Å². The molecule has 4 aromatic rings. The fourth-order valence-electron chi connectivity index (χ4n) is 4.66. The second-order valence-corrected chi connectivity index (χ2v) is 9.19. The molecule has 36 heavy (non-hydrogen) atoms. The maximum Gasteiger partial charge on any atom is 0.335 e. The summed E-state index contributed by atoms with van der Waals surface area (Å²) in [5.41, 5.74) is 6.75. The van der Waals surface area contributed by atoms with E-state index in [0.717, 1.165) is 41.5 Å². The summed E-state index contributed by atoms with van der Waals surface area (Å²) in [7, 11) is 0. The molecule has 1 aliphatic carbocycles. The fraction of sp³-hybridized carbons (Fsp3) is 0.214. The van der Waals surface area contributed by atoms with Gasteiger partial charge in [-0.2, -0.15) is 0 Å². The van der Waals surface area contributed by atoms with Crippen LogP contribution in [0.1, 0.15) is 44.7 Å². The van der Waals surface area contributed by atoms with E-state index >= 15 is 0 Å². The van der Waals surface area contributed by atoms with Gasteiger partial charge in [-0.25, -0.2) is 9.48 Å². The first-order valence-corrected chi connectivity index (χ1v) is 11.8. The average molecular weight is 483 g/mol. The van der Waals surface area contributed by atoms with Crippen LogP contribution >= 0.6 is 0 Å². The Morgan fingerprint density at radius 3 is 2.50 bits per heavy atom. The van der Waals surface area contributed by atoms with Crippen molar-refractivity contribution in [2.45, 2.75) is 40.0 Å². The Morgan fingerprint density at radius 2 is 1.75 bits per heavy atom. The number of azo groups is 1. The molecule has 8 heteroatoms. The Hall–Kier alpha value is -4.46. The third-order valence-corrected chi connectivity index (χ3v) is 6.80. The molecule has 3 aromatic carbocycles. The third-order valence-electron chi connectivity index (χ3n) is 6.80. The molecule has 182 valence electrons. The number of carbonyl (C=O) groups is 1. The quantitative estimate of drug-likeness (QED) is 0.299. The van der Waals surface area contributed by atoms with Crippen LogP contribution in [0.2, 0.25) is 0 Å². The van der Waals surface area contributed by atoms with Crippen LogP contribution in [0.25, 0.3) is 16.8 Å². The van der Waals surface area contributed by atoms with Crippen molar-refractivity contribution in [3.63, 3.8) is 0 Å². The first-order chi connectivity index (χ1) is 17.2. The van der Waals surface area contributed by atoms with Crippen molar-refractivity contribution in [3.05, 3.63) is 92.4 Å². The second-order valence-electron chi connectivity index (χ2n) is 9.19. The molecular formula is C28H26N4O4. The number of fused-ring (bicyclic) bond motifs is 1. The van der Waals surface area contributed by atoms with Gasteiger partial charge >= 0.3 is 5.97 Å². The highest BCUT2D eigenvalue weighted by Crippen LogP contribution is 2.45. The van der Waals surface area contributed by atoms with Crippen molar-refractivity contribution in [1.29, 1.82) is 0 Å². The number of hydrogen-bond donors (Lipinski definition) is 3. The maximum absolute atomic E-state index is 13.2. The SMILES string of the molecule is Cc1ccc(-n2[nH]c(C)c(N=Nc3c(O)c(-c4cccc(C(=O)O)c4)cc4c3CCC4)c2=O)cc1C. The lowest BCUT2D eigenvalue weighted by Crippen LogP contribution is -2.14. The smallest absolute Gasteiger partial charge is 0.335 e. The van der Waals surface area contributed by atoms with E-state index in [1.807, 2.05) is 38.1 Å². The molecule has 0 fully saturated rings. The van der Waals surface area contributed by atoms with Crippen LogP contribution in [0.4, 0.5) is 11.4 Å². The molecule has 1 aliphatic rings. The zero-order valence-corrected chi connectivity index (χ0v) is 20.3. The van der Waals surface area contributed by atoms with Crippen LogP contribution in [-0.4, -0.2) is 26.0 Å². The van der Waals surface area contributed by atoms with Crippen LogP contribution in [0, 0.1) is 20.8 Å². The Balaban J connectivity index is 1.60. The number of carboxylic acid groups (broad SMARTS) is 1. The van der Waals surface area contributed by atoms with E-state index in [1.165, 1.54) is 16.8 Å². The Labute approximate surface area is 207 Å². The zero-order chi connectivity index (χ0) is 25.6. The summed E-state index contributed by atoms with van der Waals surface area (Å²) in [5, 5.41) is 32.3. The van der Waals surface area contributed by atoms with Crippen molar-refractivity contribution >= 4 is 17.3 Å². The predicted molar refractivity (Wildman–Crippen MR) is 137 cm³/mol. The van der Waals surface area contributed by atoms with Crippen molar-refractivity contribution in [1.82, 2.24) is 9.78 Å². The number of carboxylic acids is 1. The number of benzene rings is 3. The summed E-state index contributed by atoms with van der Waals surface area (Å²) in [6, 6.07) is 14.1. The van der Waals surface area contributed by atoms with Gasteiger partial charge in [0.2, 0.25) is 0 Å². The summed E-state index contributed by atoms with van der Waals surface area (Å²) in [6.45, 7) is 5.76. The highest BCUT2D eigenvalue weighted by molar-refractivity contribution is 5.90. The second kappa shape index (κ2) is 8.96. The molecule has 1 heterocycles. The Morgan fingerprint density at radius 1 is 0.972 bits per heavy atom. The molecule has 1 aromatic heterocycles. The van der Waals surface area contributed by atoms with Gasteiger partial charge in [-0.15, -0.1) is 10.2 Å². The number of aromatic nitrogens is 2. The summed E-state index contributed by atoms with van der Waals surface area (Å²) in [4.78, 5) is 24.6. The number of phenols is 1. The predicted octanol–water partition coefficient (Wildman–Crippen LogP) is 6.07. The first-order valence-electron chi connectivity index (χ1n) is 11.8. The summed E-state index contributed by atoms with van der Waals surface area (Å²) in [6.07, 6.45) is 2.48. The number of rotatable bonds is 5. The third kappa shape index (κ3) is 4.00. The van der Waals surface area contributed by atoms with Gasteiger partial charge < -0.3 is 10.2 Å². The van der Waals surface area contributed by atoms with Crippen LogP contribution in [0.3, 0.4) is 0 Å². The molecule has 0 saturated carbocycles. The van der Waals surface area contributed by atoms with E-state index in [1.54, 1.807) is 19.1 Å². The highest BCUT2D eigenvalue weighted by atomic mass is 16.4. The van der Waals surface area contributed by atoms with Gasteiger partial charge in [-0.1, -0.05) is 18.2 Å². The average Bonchev–Trinajstić information content (AvgIpc) is 3.44. The molecule has 0 aliphatic heterocycles. The van der Waals surface area contributed by atoms with Gasteiger partial charge in [0, 0.05) is 5.56 Å². The largest absolute Gasteiger partial charge is 0.505 e. The topological polar surface area (TPSA) is 120 Å². The Bertz CT molecular complexity index is 1610. The molecule has 0 spiro atoms. The van der Waals surface area contributed by atoms with Gasteiger partial charge in [0.25, 0.3) is 5.56 Å². The summed E-state index contributed by atoms with van der Waals surface area (Å²) in [5.74, 6) is -1.12. The van der Waals surface area contributed by atoms with Crippen molar-refractivity contribution in [3.8, 4) is 22.6 Å². The fourth-order valence-corrected chi connectivity index (χ4v) is 4.66. The van der Waals surface area contributed by atoms with E-state index in [9.17, 15) is 19.8 Å². The lowest BCUT2D eigenvalue weighted by atomic mass is 9.96. The Kier molecular flexibility index (Phi) is 5.80. The van der Waals surface area contributed by atoms with E-state index in [0.29, 0.717) is 28.2 Å². The number of aromatic hydroxyl groups is 1. The lowest BCUT2D eigenvalue weighted by Gasteiger charge is -2.12. The summed E-state index contributed by atoms with van der Waals surface area (Å²) < 4.78 is 1.44. The molecule has 0 atom stereocenters. The molecule has 0 amide bonds. The minimum absolute atomic E-state index is 0.0791. The summed E-state index contributed by atoms with van der Waals surface area (Å²) >= 11 is 0. The number of phenolic OH excluding ortho intramolecular Hbond substituents is 1. The van der Waals surface area contributed by atoms with E-state index in [-0.39, 0.29) is 22.6 Å². The van der Waals surface area contributed by atoms with Gasteiger partial charge in [-0.3, -0.25) is 9.89 Å². The highest BCUT2D eigenvalue weighted by Gasteiger charge is 2.23. The van der Waals surface area contributed by atoms with Crippen molar-refractivity contribution in [2.75, 3.05) is 0 Å². The van der Waals surface area contributed by atoms with Crippen molar-refractivity contribution < 1.29 is 15.0 Å². The molecule has 0 unspecified atom stereocenters. The minimum Gasteiger partial charge on any atom is -0.505 e. The minimum atomic E-state index is -1.04. The molecule has 8 nitrogen and oxygen atoms in total. The first kappa shape index (κ1) is 23.3. The molecule has 5 rings (SSSR count).